The zero-order valence-electron chi connectivity index (χ0n) is 22.7. The van der Waals surface area contributed by atoms with Crippen LogP contribution in [0, 0.1) is 9.88 Å². The Morgan fingerprint density at radius 3 is 2.07 bits per heavy atom. The molecule has 5 aromatic rings. The van der Waals surface area contributed by atoms with Crippen molar-refractivity contribution in [3.63, 3.8) is 0 Å². The van der Waals surface area contributed by atoms with Crippen LogP contribution in [0.1, 0.15) is 18.1 Å². The van der Waals surface area contributed by atoms with Crippen LogP contribution in [0.2, 0.25) is 0 Å². The minimum Gasteiger partial charge on any atom is -0.338 e. The Hall–Kier alpha value is -4.53. The van der Waals surface area contributed by atoms with E-state index in [2.05, 4.69) is 47.9 Å². The van der Waals surface area contributed by atoms with E-state index >= 15 is 0 Å². The highest BCUT2D eigenvalue weighted by Crippen LogP contribution is 2.49. The average Bonchev–Trinajstić information content (AvgIpc) is 3.62. The topological polar surface area (TPSA) is 63.0 Å². The quantitative estimate of drug-likeness (QED) is 0.322. The van der Waals surface area contributed by atoms with Crippen molar-refractivity contribution in [2.45, 2.75) is 13.5 Å². The normalized spacial score (nSPS) is 15.8. The second kappa shape index (κ2) is 11.2. The van der Waals surface area contributed by atoms with E-state index in [4.69, 9.17) is 0 Å². The molecule has 0 aliphatic carbocycles. The van der Waals surface area contributed by atoms with Crippen LogP contribution in [0.15, 0.2) is 112 Å². The highest BCUT2D eigenvalue weighted by Gasteiger charge is 2.27. The van der Waals surface area contributed by atoms with E-state index in [0.29, 0.717) is 32.0 Å². The number of benzene rings is 3. The van der Waals surface area contributed by atoms with Gasteiger partial charge in [0.2, 0.25) is 0 Å². The third-order valence-electron chi connectivity index (χ3n) is 6.97. The maximum absolute atomic E-state index is 13.5. The van der Waals surface area contributed by atoms with Gasteiger partial charge in [0.25, 0.3) is 11.1 Å². The summed E-state index contributed by atoms with van der Waals surface area (Å²) in [6.07, 6.45) is 3.86. The molecule has 0 radical (unpaired) electrons. The molecule has 1 aliphatic rings. The first-order chi connectivity index (χ1) is 20.0. The molecule has 6 rings (SSSR count). The Balaban J connectivity index is 1.49. The van der Waals surface area contributed by atoms with Crippen LogP contribution in [0.3, 0.4) is 0 Å². The molecule has 0 amide bonds. The van der Waals surface area contributed by atoms with Crippen molar-refractivity contribution in [1.29, 1.82) is 0 Å². The van der Waals surface area contributed by atoms with E-state index in [-0.39, 0.29) is 11.1 Å². The molecule has 3 aromatic carbocycles. The van der Waals surface area contributed by atoms with E-state index in [1.165, 1.54) is 16.0 Å². The van der Waals surface area contributed by atoms with Crippen LogP contribution in [-0.2, 0) is 6.54 Å². The number of thiazole rings is 1. The molecular formula is C33H28N4O2S2. The van der Waals surface area contributed by atoms with Crippen molar-refractivity contribution in [1.82, 2.24) is 19.2 Å². The maximum Gasteiger partial charge on any atom is 0.282 e. The number of hydrogen-bond acceptors (Lipinski definition) is 5. The summed E-state index contributed by atoms with van der Waals surface area (Å²) in [5.41, 5.74) is 3.75. The second-order valence-corrected chi connectivity index (χ2v) is 11.6. The summed E-state index contributed by atoms with van der Waals surface area (Å²) in [5, 5.41) is 4.97. The number of allylic oxidation sites excluding steroid dienone is 1. The average molecular weight is 577 g/mol. The summed E-state index contributed by atoms with van der Waals surface area (Å²) in [7, 11) is 2.05. The SMILES string of the molecule is C=c1[nH]n(-c2ccccc2)c(=O)c1=c1sc(=CC=C2SC(c3ccccc3)=C(c3ccccc3)N2C)c(=O)n1CC. The molecule has 0 saturated heterocycles. The minimum atomic E-state index is -0.232. The number of H-pyrrole nitrogens is 1. The van der Waals surface area contributed by atoms with E-state index in [1.54, 1.807) is 16.3 Å². The molecule has 0 fully saturated rings. The fraction of sp³-hybridized carbons (Fsp3) is 0.0909. The van der Waals surface area contributed by atoms with Gasteiger partial charge >= 0.3 is 0 Å². The monoisotopic (exact) mass is 576 g/mol. The highest BCUT2D eigenvalue weighted by atomic mass is 32.2. The number of aromatic nitrogens is 3. The Morgan fingerprint density at radius 1 is 0.829 bits per heavy atom. The number of aromatic amines is 1. The van der Waals surface area contributed by atoms with Crippen LogP contribution in [0.5, 0.6) is 0 Å². The molecule has 0 bridgehead atoms. The lowest BCUT2D eigenvalue weighted by atomic mass is 10.1. The summed E-state index contributed by atoms with van der Waals surface area (Å²) in [5.74, 6) is 0. The predicted molar refractivity (Wildman–Crippen MR) is 171 cm³/mol. The molecule has 3 heterocycles. The molecule has 1 N–H and O–H groups in total. The smallest absolute Gasteiger partial charge is 0.282 e. The Labute approximate surface area is 244 Å². The van der Waals surface area contributed by atoms with Gasteiger partial charge in [-0.1, -0.05) is 97.2 Å². The first-order valence-corrected chi connectivity index (χ1v) is 14.9. The number of para-hydroxylation sites is 1. The fourth-order valence-electron chi connectivity index (χ4n) is 4.95. The van der Waals surface area contributed by atoms with Crippen molar-refractivity contribution in [2.75, 3.05) is 7.05 Å². The molecular weight excluding hydrogens is 549 g/mol. The predicted octanol–water partition coefficient (Wildman–Crippen LogP) is 4.93. The summed E-state index contributed by atoms with van der Waals surface area (Å²) in [6, 6.07) is 30.0. The van der Waals surface area contributed by atoms with Gasteiger partial charge in [0, 0.05) is 18.5 Å². The van der Waals surface area contributed by atoms with Gasteiger partial charge in [0.05, 0.1) is 26.3 Å². The standard InChI is InChI=1S/C33H28N4O2S2/c1-4-36-31(38)26(40-33(36)28-22(2)34-37(32(28)39)25-18-12-7-13-19-25)20-21-27-35(3)29(23-14-8-5-9-15-23)30(41-27)24-16-10-6-11-17-24/h5-21,34H,2,4H2,1,3H3. The molecule has 0 unspecified atom stereocenters. The van der Waals surface area contributed by atoms with Crippen molar-refractivity contribution >= 4 is 46.4 Å². The lowest BCUT2D eigenvalue weighted by Crippen LogP contribution is -2.27. The summed E-state index contributed by atoms with van der Waals surface area (Å²) in [6.45, 7) is 6.44. The van der Waals surface area contributed by atoms with Gasteiger partial charge in [-0.3, -0.25) is 19.3 Å². The van der Waals surface area contributed by atoms with Crippen molar-refractivity contribution < 1.29 is 0 Å². The van der Waals surface area contributed by atoms with Gasteiger partial charge in [-0.15, -0.1) is 11.3 Å². The first kappa shape index (κ1) is 26.7. The summed E-state index contributed by atoms with van der Waals surface area (Å²) < 4.78 is 4.28. The van der Waals surface area contributed by atoms with Gasteiger partial charge in [-0.05, 0) is 42.3 Å². The second-order valence-electron chi connectivity index (χ2n) is 9.50. The van der Waals surface area contributed by atoms with Crippen LogP contribution in [-0.4, -0.2) is 26.3 Å². The fourth-order valence-corrected chi connectivity index (χ4v) is 7.31. The minimum absolute atomic E-state index is 0.124. The van der Waals surface area contributed by atoms with Gasteiger partial charge in [0.1, 0.15) is 9.88 Å². The Kier molecular flexibility index (Phi) is 7.26. The zero-order chi connectivity index (χ0) is 28.5. The van der Waals surface area contributed by atoms with Crippen LogP contribution >= 0.6 is 23.1 Å². The van der Waals surface area contributed by atoms with Gasteiger partial charge in [0.15, 0.2) is 0 Å². The molecule has 204 valence electrons. The van der Waals surface area contributed by atoms with Gasteiger partial charge in [-0.2, -0.15) is 0 Å². The van der Waals surface area contributed by atoms with Crippen molar-refractivity contribution in [3.8, 4) is 5.69 Å². The number of nitrogens with zero attached hydrogens (tertiary/aromatic N) is 3. The summed E-state index contributed by atoms with van der Waals surface area (Å²) >= 11 is 3.00. The largest absolute Gasteiger partial charge is 0.338 e. The van der Waals surface area contributed by atoms with E-state index < -0.39 is 0 Å². The number of rotatable bonds is 5. The van der Waals surface area contributed by atoms with E-state index in [1.807, 2.05) is 85.8 Å². The molecule has 0 saturated carbocycles. The maximum atomic E-state index is 13.5. The number of hydrogen-bond donors (Lipinski definition) is 1. The van der Waals surface area contributed by atoms with E-state index in [9.17, 15) is 9.59 Å². The lowest BCUT2D eigenvalue weighted by molar-refractivity contribution is 0.649. The third kappa shape index (κ3) is 4.85. The van der Waals surface area contributed by atoms with Crippen LogP contribution < -0.4 is 21.0 Å². The van der Waals surface area contributed by atoms with Gasteiger partial charge in [-0.25, -0.2) is 4.68 Å². The third-order valence-corrected chi connectivity index (χ3v) is 9.37. The van der Waals surface area contributed by atoms with E-state index in [0.717, 1.165) is 26.8 Å². The Morgan fingerprint density at radius 2 is 1.44 bits per heavy atom. The molecule has 2 aromatic heterocycles. The molecule has 8 heteroatoms. The van der Waals surface area contributed by atoms with Gasteiger partial charge < -0.3 is 4.90 Å². The van der Waals surface area contributed by atoms with Crippen LogP contribution in [0.25, 0.3) is 28.9 Å². The zero-order valence-corrected chi connectivity index (χ0v) is 24.3. The summed E-state index contributed by atoms with van der Waals surface area (Å²) in [4.78, 5) is 30.3. The molecule has 6 nitrogen and oxygen atoms in total. The molecule has 0 spiro atoms. The van der Waals surface area contributed by atoms with Crippen molar-refractivity contribution in [2.24, 2.45) is 0 Å². The number of thioether (sulfide) groups is 1. The van der Waals surface area contributed by atoms with Crippen LogP contribution in [0.4, 0.5) is 0 Å². The lowest BCUT2D eigenvalue weighted by Gasteiger charge is -2.17. The molecule has 0 atom stereocenters. The first-order valence-electron chi connectivity index (χ1n) is 13.3. The Bertz CT molecular complexity index is 2120. The molecule has 41 heavy (non-hydrogen) atoms. The molecule has 1 aliphatic heterocycles. The van der Waals surface area contributed by atoms with Crippen molar-refractivity contribution in [3.05, 3.63) is 154 Å². The highest BCUT2D eigenvalue weighted by molar-refractivity contribution is 8.12. The number of nitrogens with one attached hydrogen (secondary N) is 1.